The molecule has 4 nitrogen and oxygen atoms in total. The molecule has 1 aliphatic carbocycles. The van der Waals surface area contributed by atoms with Gasteiger partial charge >= 0.3 is 0 Å². The summed E-state index contributed by atoms with van der Waals surface area (Å²) >= 11 is 1.55. The van der Waals surface area contributed by atoms with Crippen molar-refractivity contribution in [1.82, 2.24) is 4.98 Å². The fraction of sp³-hybridized carbons (Fsp3) is 0.714. The monoisotopic (exact) mass is 280 g/mol. The molecule has 1 aromatic rings. The van der Waals surface area contributed by atoms with Crippen molar-refractivity contribution in [2.75, 3.05) is 18.1 Å². The number of hydrogen-bond donors (Lipinski definition) is 0. The van der Waals surface area contributed by atoms with Gasteiger partial charge in [0.15, 0.2) is 11.4 Å². The number of fused-ring (bicyclic) bond motifs is 1. The van der Waals surface area contributed by atoms with E-state index in [1.807, 2.05) is 0 Å². The highest BCUT2D eigenvalue weighted by atomic mass is 32.1. The molecule has 2 heterocycles. The zero-order valence-corrected chi connectivity index (χ0v) is 12.1. The van der Waals surface area contributed by atoms with Crippen LogP contribution in [0.5, 0.6) is 0 Å². The lowest BCUT2D eigenvalue weighted by molar-refractivity contribution is 0.0256. The lowest BCUT2D eigenvalue weighted by atomic mass is 10.1. The van der Waals surface area contributed by atoms with E-state index >= 15 is 0 Å². The average Bonchev–Trinajstić information content (AvgIpc) is 3.04. The first-order valence-electron chi connectivity index (χ1n) is 7.16. The number of aromatic nitrogens is 1. The number of anilines is 1. The Morgan fingerprint density at radius 2 is 2.42 bits per heavy atom. The smallest absolute Gasteiger partial charge is 0.186 e. The standard InChI is InChI=1S/C14H20N2O2S/c1-2-4-10-13(9-17)19-14(15-10)16-7-8-18-12-6-3-5-11(12)16/h9,11-12H,2-8H2,1H3. The summed E-state index contributed by atoms with van der Waals surface area (Å²) in [7, 11) is 0. The summed E-state index contributed by atoms with van der Waals surface area (Å²) in [6.45, 7) is 3.80. The Morgan fingerprint density at radius 1 is 1.53 bits per heavy atom. The average molecular weight is 280 g/mol. The van der Waals surface area contributed by atoms with Crippen molar-refractivity contribution in [3.63, 3.8) is 0 Å². The Hall–Kier alpha value is -0.940. The van der Waals surface area contributed by atoms with E-state index in [0.717, 1.165) is 54.4 Å². The zero-order valence-electron chi connectivity index (χ0n) is 11.3. The lowest BCUT2D eigenvalue weighted by Crippen LogP contribution is -2.48. The van der Waals surface area contributed by atoms with Crippen LogP contribution in [0.1, 0.15) is 48.0 Å². The van der Waals surface area contributed by atoms with E-state index < -0.39 is 0 Å². The summed E-state index contributed by atoms with van der Waals surface area (Å²) < 4.78 is 5.83. The number of carbonyl (C=O) groups excluding carboxylic acids is 1. The molecule has 2 atom stereocenters. The summed E-state index contributed by atoms with van der Waals surface area (Å²) in [5.41, 5.74) is 0.971. The van der Waals surface area contributed by atoms with Crippen LogP contribution in [0.15, 0.2) is 0 Å². The number of ether oxygens (including phenoxy) is 1. The Bertz CT molecular complexity index is 460. The third-order valence-corrected chi connectivity index (χ3v) is 5.10. The summed E-state index contributed by atoms with van der Waals surface area (Å²) in [6, 6.07) is 0.467. The van der Waals surface area contributed by atoms with E-state index in [4.69, 9.17) is 9.72 Å². The molecule has 2 unspecified atom stereocenters. The molecule has 1 aromatic heterocycles. The van der Waals surface area contributed by atoms with Crippen LogP contribution in [0.2, 0.25) is 0 Å². The summed E-state index contributed by atoms with van der Waals surface area (Å²) in [5.74, 6) is 0. The summed E-state index contributed by atoms with van der Waals surface area (Å²) in [6.07, 6.45) is 6.83. The van der Waals surface area contributed by atoms with Crippen LogP contribution in [-0.2, 0) is 11.2 Å². The number of carbonyl (C=O) groups is 1. The molecule has 0 bridgehead atoms. The Balaban J connectivity index is 1.86. The quantitative estimate of drug-likeness (QED) is 0.795. The van der Waals surface area contributed by atoms with Crippen molar-refractivity contribution in [3.8, 4) is 0 Å². The molecule has 2 fully saturated rings. The predicted octanol–water partition coefficient (Wildman–Crippen LogP) is 2.67. The van der Waals surface area contributed by atoms with E-state index in [1.54, 1.807) is 11.3 Å². The van der Waals surface area contributed by atoms with Crippen molar-refractivity contribution in [2.24, 2.45) is 0 Å². The van der Waals surface area contributed by atoms with Gasteiger partial charge in [-0.25, -0.2) is 4.98 Å². The molecule has 0 spiro atoms. The molecule has 3 rings (SSSR count). The van der Waals surface area contributed by atoms with Gasteiger partial charge in [-0.05, 0) is 25.7 Å². The van der Waals surface area contributed by atoms with Gasteiger partial charge < -0.3 is 9.64 Å². The van der Waals surface area contributed by atoms with Gasteiger partial charge in [-0.2, -0.15) is 0 Å². The fourth-order valence-corrected chi connectivity index (χ4v) is 4.15. The first-order chi connectivity index (χ1) is 9.33. The van der Waals surface area contributed by atoms with Crippen LogP contribution in [-0.4, -0.2) is 36.6 Å². The van der Waals surface area contributed by atoms with Gasteiger partial charge in [0.2, 0.25) is 0 Å². The largest absolute Gasteiger partial charge is 0.374 e. The lowest BCUT2D eigenvalue weighted by Gasteiger charge is -2.37. The van der Waals surface area contributed by atoms with Crippen LogP contribution in [0.4, 0.5) is 5.13 Å². The van der Waals surface area contributed by atoms with Crippen LogP contribution < -0.4 is 4.90 Å². The molecular formula is C14H20N2O2S. The normalized spacial score (nSPS) is 26.5. The molecule has 0 radical (unpaired) electrons. The molecule has 0 amide bonds. The molecule has 1 aliphatic heterocycles. The van der Waals surface area contributed by atoms with E-state index in [0.29, 0.717) is 12.1 Å². The maximum atomic E-state index is 11.2. The number of rotatable bonds is 4. The van der Waals surface area contributed by atoms with Gasteiger partial charge in [-0.1, -0.05) is 24.7 Å². The summed E-state index contributed by atoms with van der Waals surface area (Å²) in [5, 5.41) is 1.02. The highest BCUT2D eigenvalue weighted by Crippen LogP contribution is 2.35. The Labute approximate surface area is 117 Å². The highest BCUT2D eigenvalue weighted by molar-refractivity contribution is 7.17. The van der Waals surface area contributed by atoms with Crippen LogP contribution in [0.3, 0.4) is 0 Å². The third kappa shape index (κ3) is 2.41. The van der Waals surface area contributed by atoms with Gasteiger partial charge in [0.05, 0.1) is 29.3 Å². The van der Waals surface area contributed by atoms with Crippen molar-refractivity contribution in [3.05, 3.63) is 10.6 Å². The number of thiazole rings is 1. The maximum absolute atomic E-state index is 11.2. The molecule has 1 saturated carbocycles. The number of aryl methyl sites for hydroxylation is 1. The first kappa shape index (κ1) is 13.1. The summed E-state index contributed by atoms with van der Waals surface area (Å²) in [4.78, 5) is 19.0. The van der Waals surface area contributed by atoms with Crippen molar-refractivity contribution in [2.45, 2.75) is 51.2 Å². The molecule has 0 aromatic carbocycles. The second-order valence-corrected chi connectivity index (χ2v) is 6.29. The number of aldehydes is 1. The molecule has 19 heavy (non-hydrogen) atoms. The van der Waals surface area contributed by atoms with E-state index in [1.165, 1.54) is 12.8 Å². The molecule has 2 aliphatic rings. The highest BCUT2D eigenvalue weighted by Gasteiger charge is 2.37. The number of morpholine rings is 1. The van der Waals surface area contributed by atoms with Crippen molar-refractivity contribution in [1.29, 1.82) is 0 Å². The predicted molar refractivity (Wildman–Crippen MR) is 76.2 cm³/mol. The van der Waals surface area contributed by atoms with Crippen LogP contribution >= 0.6 is 11.3 Å². The minimum atomic E-state index is 0.368. The SMILES string of the molecule is CCCc1nc(N2CCOC3CCCC32)sc1C=O. The van der Waals surface area contributed by atoms with Gasteiger partial charge in [-0.3, -0.25) is 4.79 Å². The van der Waals surface area contributed by atoms with Gasteiger partial charge in [-0.15, -0.1) is 0 Å². The maximum Gasteiger partial charge on any atom is 0.186 e. The Morgan fingerprint density at radius 3 is 3.21 bits per heavy atom. The van der Waals surface area contributed by atoms with Gasteiger partial charge in [0, 0.05) is 6.54 Å². The van der Waals surface area contributed by atoms with Crippen LogP contribution in [0, 0.1) is 0 Å². The molecule has 0 N–H and O–H groups in total. The second kappa shape index (κ2) is 5.59. The van der Waals surface area contributed by atoms with Gasteiger partial charge in [0.1, 0.15) is 0 Å². The second-order valence-electron chi connectivity index (χ2n) is 5.28. The van der Waals surface area contributed by atoms with E-state index in [9.17, 15) is 4.79 Å². The van der Waals surface area contributed by atoms with Crippen molar-refractivity contribution < 1.29 is 9.53 Å². The Kier molecular flexibility index (Phi) is 3.84. The van der Waals surface area contributed by atoms with Crippen molar-refractivity contribution >= 4 is 22.8 Å². The fourth-order valence-electron chi connectivity index (χ4n) is 3.14. The molecule has 104 valence electrons. The first-order valence-corrected chi connectivity index (χ1v) is 7.98. The minimum Gasteiger partial charge on any atom is -0.374 e. The molecule has 5 heteroatoms. The van der Waals surface area contributed by atoms with Gasteiger partial charge in [0.25, 0.3) is 0 Å². The van der Waals surface area contributed by atoms with Crippen LogP contribution in [0.25, 0.3) is 0 Å². The molecule has 1 saturated heterocycles. The molecular weight excluding hydrogens is 260 g/mol. The number of hydrogen-bond acceptors (Lipinski definition) is 5. The van der Waals surface area contributed by atoms with E-state index in [-0.39, 0.29) is 0 Å². The van der Waals surface area contributed by atoms with E-state index in [2.05, 4.69) is 11.8 Å². The topological polar surface area (TPSA) is 42.4 Å². The minimum absolute atomic E-state index is 0.368. The number of nitrogens with zero attached hydrogens (tertiary/aromatic N) is 2. The zero-order chi connectivity index (χ0) is 13.2. The third-order valence-electron chi connectivity index (χ3n) is 4.04.